The number of rotatable bonds is 6. The number of amides is 2. The summed E-state index contributed by atoms with van der Waals surface area (Å²) in [6.07, 6.45) is 0. The average molecular weight is 402 g/mol. The molecule has 0 bridgehead atoms. The zero-order valence-electron chi connectivity index (χ0n) is 14.0. The third-order valence-corrected chi connectivity index (χ3v) is 5.20. The van der Waals surface area contributed by atoms with Crippen molar-refractivity contribution >= 4 is 29.5 Å². The van der Waals surface area contributed by atoms with Crippen molar-refractivity contribution in [2.75, 3.05) is 19.0 Å². The summed E-state index contributed by atoms with van der Waals surface area (Å²) in [6.45, 7) is -0.717. The van der Waals surface area contributed by atoms with Crippen LogP contribution < -0.4 is 66.5 Å². The number of aliphatic carboxylic acids is 1. The Bertz CT molecular complexity index is 742. The molecular weight excluding hydrogens is 387 g/mol. The molecule has 0 aliphatic carbocycles. The topological polar surface area (TPSA) is 119 Å². The number of carboxylic acid groups (broad SMARTS) is 1. The van der Waals surface area contributed by atoms with Gasteiger partial charge in [-0.1, -0.05) is 18.2 Å². The molecule has 2 aliphatic heterocycles. The number of aliphatic hydroxyl groups is 1. The quantitative estimate of drug-likeness (QED) is 0.363. The molecule has 10 heteroatoms. The van der Waals surface area contributed by atoms with E-state index >= 15 is 0 Å². The van der Waals surface area contributed by atoms with Crippen molar-refractivity contribution in [2.45, 2.75) is 11.4 Å². The number of hydrogen-bond donors (Lipinski definition) is 2. The summed E-state index contributed by atoms with van der Waals surface area (Å²) in [5.74, 6) is -1.76. The van der Waals surface area contributed by atoms with E-state index < -0.39 is 35.8 Å². The van der Waals surface area contributed by atoms with Gasteiger partial charge in [-0.3, -0.25) is 14.5 Å². The van der Waals surface area contributed by atoms with Crippen molar-refractivity contribution in [2.24, 2.45) is 0 Å². The van der Waals surface area contributed by atoms with E-state index in [-0.39, 0.29) is 75.0 Å². The number of aliphatic hydroxyl groups excluding tert-OH is 1. The number of para-hydroxylation sites is 1. The molecule has 0 spiro atoms. The molecule has 0 aromatic heterocycles. The largest absolute Gasteiger partial charge is 1.00 e. The van der Waals surface area contributed by atoms with Crippen LogP contribution in [0, 0.1) is 0 Å². The number of thioether (sulfide) groups is 1. The van der Waals surface area contributed by atoms with Gasteiger partial charge >= 0.3 is 51.4 Å². The molecule has 26 heavy (non-hydrogen) atoms. The van der Waals surface area contributed by atoms with Crippen LogP contribution >= 0.6 is 11.8 Å². The summed E-state index contributed by atoms with van der Waals surface area (Å²) in [4.78, 5) is 36.5. The van der Waals surface area contributed by atoms with Crippen molar-refractivity contribution in [3.8, 4) is 5.75 Å². The summed E-state index contributed by atoms with van der Waals surface area (Å²) in [5, 5.41) is 22.5. The second-order valence-corrected chi connectivity index (χ2v) is 6.56. The predicted molar refractivity (Wildman–Crippen MR) is 86.1 cm³/mol. The zero-order valence-corrected chi connectivity index (χ0v) is 17.9. The van der Waals surface area contributed by atoms with E-state index in [9.17, 15) is 24.6 Å². The first kappa shape index (κ1) is 21.4. The summed E-state index contributed by atoms with van der Waals surface area (Å²) in [5.41, 5.74) is -0.0749. The van der Waals surface area contributed by atoms with Gasteiger partial charge in [0.15, 0.2) is 6.61 Å². The number of carbonyl (C=O) groups excluding carboxylic acids is 3. The maximum absolute atomic E-state index is 12.2. The van der Waals surface area contributed by atoms with E-state index in [1.165, 1.54) is 11.8 Å². The maximum Gasteiger partial charge on any atom is 1.00 e. The Morgan fingerprint density at radius 3 is 2.65 bits per heavy atom. The molecule has 2 heterocycles. The van der Waals surface area contributed by atoms with Crippen LogP contribution in [0.5, 0.6) is 5.75 Å². The van der Waals surface area contributed by atoms with Gasteiger partial charge in [0, 0.05) is 5.75 Å². The Labute approximate surface area is 196 Å². The number of fused-ring (bicyclic) bond motifs is 1. The van der Waals surface area contributed by atoms with Gasteiger partial charge in [-0.2, -0.15) is 0 Å². The van der Waals surface area contributed by atoms with Crippen LogP contribution in [0.4, 0.5) is 0 Å². The summed E-state index contributed by atoms with van der Waals surface area (Å²) < 4.78 is 5.31. The van der Waals surface area contributed by atoms with Gasteiger partial charge < -0.3 is 25.1 Å². The van der Waals surface area contributed by atoms with Gasteiger partial charge in [-0.15, -0.1) is 11.8 Å². The summed E-state index contributed by atoms with van der Waals surface area (Å²) in [7, 11) is 0. The molecule has 2 amide bonds. The number of β-lactam (4-membered cyclic amide) rings is 1. The molecule has 1 unspecified atom stereocenters. The zero-order chi connectivity index (χ0) is 18.0. The minimum atomic E-state index is -1.51. The number of hydrogen-bond acceptors (Lipinski definition) is 7. The standard InChI is InChI=1S/C16H16N2O6S.K/c19-6-9-8-25-15-12(14(21)18(15)13(9)16(22)23)17-11(20)7-24-10-4-2-1-3-5-10;/h1-5,12,15,19H,6-8H2,(H,17,20)(H,22,23);/q;+1/p-1/t12?,15-;/m1./s1. The van der Waals surface area contributed by atoms with Crippen molar-refractivity contribution in [1.29, 1.82) is 0 Å². The first-order valence-electron chi connectivity index (χ1n) is 7.49. The maximum atomic E-state index is 12.2. The summed E-state index contributed by atoms with van der Waals surface area (Å²) in [6, 6.07) is 7.93. The van der Waals surface area contributed by atoms with E-state index in [1.807, 2.05) is 6.07 Å². The first-order chi connectivity index (χ1) is 12.0. The van der Waals surface area contributed by atoms with Gasteiger partial charge in [0.25, 0.3) is 11.8 Å². The second kappa shape index (κ2) is 9.35. The molecule has 1 aromatic rings. The smallest absolute Gasteiger partial charge is 0.543 e. The van der Waals surface area contributed by atoms with Gasteiger partial charge in [-0.05, 0) is 17.7 Å². The number of nitrogens with zero attached hydrogens (tertiary/aromatic N) is 1. The van der Waals surface area contributed by atoms with E-state index in [2.05, 4.69) is 5.32 Å². The number of carbonyl (C=O) groups is 3. The van der Waals surface area contributed by atoms with Crippen molar-refractivity contribution < 1.29 is 80.7 Å². The van der Waals surface area contributed by atoms with Gasteiger partial charge in [0.2, 0.25) is 0 Å². The van der Waals surface area contributed by atoms with E-state index in [0.717, 1.165) is 4.90 Å². The Hall–Kier alpha value is -0.884. The third kappa shape index (κ3) is 4.33. The van der Waals surface area contributed by atoms with Crippen LogP contribution in [0.1, 0.15) is 0 Å². The minimum absolute atomic E-state index is 0. The van der Waals surface area contributed by atoms with Crippen LogP contribution in [-0.4, -0.2) is 58.2 Å². The van der Waals surface area contributed by atoms with E-state index in [4.69, 9.17) is 4.74 Å². The number of ether oxygens (including phenoxy) is 1. The van der Waals surface area contributed by atoms with Crippen molar-refractivity contribution in [3.05, 3.63) is 41.6 Å². The van der Waals surface area contributed by atoms with Crippen LogP contribution in [0.2, 0.25) is 0 Å². The molecule has 1 fully saturated rings. The van der Waals surface area contributed by atoms with Crippen LogP contribution in [0.25, 0.3) is 0 Å². The van der Waals surface area contributed by atoms with Crippen LogP contribution in [-0.2, 0) is 14.4 Å². The fourth-order valence-electron chi connectivity index (χ4n) is 2.67. The van der Waals surface area contributed by atoms with E-state index in [1.54, 1.807) is 24.3 Å². The molecule has 2 atom stereocenters. The number of carboxylic acids is 1. The molecule has 1 saturated heterocycles. The minimum Gasteiger partial charge on any atom is -0.543 e. The molecular formula is C16H15KN2O6S. The monoisotopic (exact) mass is 402 g/mol. The van der Waals surface area contributed by atoms with Gasteiger partial charge in [0.1, 0.15) is 17.2 Å². The number of nitrogens with one attached hydrogen (secondary N) is 1. The molecule has 132 valence electrons. The molecule has 3 rings (SSSR count). The molecule has 1 aromatic carbocycles. The molecule has 8 nitrogen and oxygen atoms in total. The fraction of sp³-hybridized carbons (Fsp3) is 0.312. The molecule has 2 N–H and O–H groups in total. The second-order valence-electron chi connectivity index (χ2n) is 5.45. The molecule has 0 saturated carbocycles. The van der Waals surface area contributed by atoms with Gasteiger partial charge in [-0.25, -0.2) is 0 Å². The SMILES string of the molecule is O=C(COc1ccccc1)NC1C(=O)N2C(C(=O)[O-])=C(CO)CS[C@H]12.[K+]. The predicted octanol–water partition coefficient (Wildman–Crippen LogP) is -4.53. The van der Waals surface area contributed by atoms with E-state index in [0.29, 0.717) is 5.75 Å². The normalized spacial score (nSPS) is 21.3. The number of benzene rings is 1. The first-order valence-corrected chi connectivity index (χ1v) is 8.54. The Morgan fingerprint density at radius 2 is 2.04 bits per heavy atom. The Balaban J connectivity index is 0.00000243. The molecule has 2 aliphatic rings. The molecule has 0 radical (unpaired) electrons. The Kier molecular flexibility index (Phi) is 7.71. The van der Waals surface area contributed by atoms with Crippen LogP contribution in [0.15, 0.2) is 41.6 Å². The fourth-order valence-corrected chi connectivity index (χ4v) is 4.01. The van der Waals surface area contributed by atoms with Crippen LogP contribution in [0.3, 0.4) is 0 Å². The third-order valence-electron chi connectivity index (χ3n) is 3.86. The van der Waals surface area contributed by atoms with Crippen molar-refractivity contribution in [3.63, 3.8) is 0 Å². The Morgan fingerprint density at radius 1 is 1.35 bits per heavy atom. The summed E-state index contributed by atoms with van der Waals surface area (Å²) >= 11 is 1.28. The van der Waals surface area contributed by atoms with Crippen molar-refractivity contribution in [1.82, 2.24) is 10.2 Å². The van der Waals surface area contributed by atoms with Gasteiger partial charge in [0.05, 0.1) is 18.3 Å². The average Bonchev–Trinajstić information content (AvgIpc) is 2.63.